The van der Waals surface area contributed by atoms with Crippen LogP contribution in [0.5, 0.6) is 5.75 Å². The summed E-state index contributed by atoms with van der Waals surface area (Å²) in [5, 5.41) is 13.4. The topological polar surface area (TPSA) is 110 Å². The average molecular weight is 790 g/mol. The van der Waals surface area contributed by atoms with Gasteiger partial charge >= 0.3 is 0 Å². The Hall–Kier alpha value is -4.27. The lowest BCUT2D eigenvalue weighted by Gasteiger charge is -2.33. The number of aromatic nitrogens is 6. The van der Waals surface area contributed by atoms with E-state index in [4.69, 9.17) is 37.7 Å². The fourth-order valence-electron chi connectivity index (χ4n) is 8.00. The van der Waals surface area contributed by atoms with Crippen LogP contribution < -0.4 is 9.64 Å². The molecule has 15 heteroatoms. The van der Waals surface area contributed by atoms with Gasteiger partial charge in [-0.2, -0.15) is 4.68 Å². The molecule has 2 aromatic heterocycles. The van der Waals surface area contributed by atoms with Gasteiger partial charge in [0.15, 0.2) is 5.82 Å². The van der Waals surface area contributed by atoms with Crippen LogP contribution >= 0.6 is 23.2 Å². The maximum absolute atomic E-state index is 14.4. The number of amides is 1. The molecule has 13 nitrogen and oxygen atoms in total. The second kappa shape index (κ2) is 17.3. The van der Waals surface area contributed by atoms with Gasteiger partial charge in [0.25, 0.3) is 5.91 Å². The Morgan fingerprint density at radius 3 is 2.62 bits per heavy atom. The minimum Gasteiger partial charge on any atom is -0.496 e. The fraction of sp³-hybridized carbons (Fsp3) is 0.475. The summed E-state index contributed by atoms with van der Waals surface area (Å²) in [4.78, 5) is 28.5. The number of nitrogens with zero attached hydrogens (tertiary/aromatic N) is 10. The lowest BCUT2D eigenvalue weighted by Crippen LogP contribution is -2.39. The number of hydrogen-bond acceptors (Lipinski definition) is 10. The monoisotopic (exact) mass is 788 g/mol. The van der Waals surface area contributed by atoms with Gasteiger partial charge in [0, 0.05) is 51.3 Å². The normalized spacial score (nSPS) is 18.1. The van der Waals surface area contributed by atoms with E-state index in [0.717, 1.165) is 81.1 Å². The maximum Gasteiger partial charge on any atom is 0.257 e. The molecule has 55 heavy (non-hydrogen) atoms. The third-order valence-electron chi connectivity index (χ3n) is 10.9. The van der Waals surface area contributed by atoms with E-state index in [1.165, 1.54) is 0 Å². The Bertz CT molecular complexity index is 2100. The highest BCUT2D eigenvalue weighted by molar-refractivity contribution is 6.42. The first kappa shape index (κ1) is 39.0. The lowest BCUT2D eigenvalue weighted by molar-refractivity contribution is 0.0777. The summed E-state index contributed by atoms with van der Waals surface area (Å²) >= 11 is 13.1. The predicted molar refractivity (Wildman–Crippen MR) is 216 cm³/mol. The average Bonchev–Trinajstić information content (AvgIpc) is 3.88. The van der Waals surface area contributed by atoms with Crippen molar-refractivity contribution < 1.29 is 14.3 Å². The molecule has 5 aromatic rings. The smallest absolute Gasteiger partial charge is 0.257 e. The van der Waals surface area contributed by atoms with Crippen molar-refractivity contribution in [1.82, 2.24) is 44.5 Å². The number of methoxy groups -OCH3 is 1. The zero-order valence-corrected chi connectivity index (χ0v) is 33.6. The molecular weight excluding hydrogens is 739 g/mol. The minimum absolute atomic E-state index is 0.0968. The standard InChI is InChI=1S/C40H50Cl2N10O3/c1-5-55-24-23-51-35-10-7-6-9-34(35)43-39(51)49-18-8-17-48(21-22-49)19-15-40(29-11-13-32(41)33(42)25-29)16-20-50(28-40)38(53)31-26-30(12-14-36(31)54-4)52-37(27-47(2)3)44-45-46-52/h6-7,9-14,25-26H,5,8,15-24,27-28H2,1-4H3. The molecule has 3 aromatic carbocycles. The van der Waals surface area contributed by atoms with Crippen molar-refractivity contribution in [2.75, 3.05) is 85.1 Å². The number of anilines is 1. The number of fused-ring (bicyclic) bond motifs is 1. The van der Waals surface area contributed by atoms with Crippen LogP contribution in [0.4, 0.5) is 5.95 Å². The summed E-state index contributed by atoms with van der Waals surface area (Å²) in [7, 11) is 5.50. The number of likely N-dealkylation sites (tertiary alicyclic amines) is 1. The third-order valence-corrected chi connectivity index (χ3v) is 11.6. The lowest BCUT2D eigenvalue weighted by atomic mass is 9.76. The highest BCUT2D eigenvalue weighted by Crippen LogP contribution is 2.41. The SMILES string of the molecule is CCOCCn1c(N2CCCN(CCC3(c4ccc(Cl)c(Cl)c4)CCN(C(=O)c4cc(-n5nnnc5CN(C)C)ccc4OC)C3)CC2)nc2ccccc21. The Kier molecular flexibility index (Phi) is 12.2. The number of ether oxygens (including phenoxy) is 2. The molecule has 1 atom stereocenters. The fourth-order valence-corrected chi connectivity index (χ4v) is 8.30. The number of carbonyl (C=O) groups is 1. The van der Waals surface area contributed by atoms with Crippen LogP contribution in [0, 0.1) is 0 Å². The van der Waals surface area contributed by atoms with Crippen molar-refractivity contribution in [3.05, 3.63) is 87.7 Å². The van der Waals surface area contributed by atoms with Crippen molar-refractivity contribution >= 4 is 46.1 Å². The molecule has 0 aliphatic carbocycles. The Labute approximate surface area is 332 Å². The summed E-state index contributed by atoms with van der Waals surface area (Å²) in [6.45, 7) is 10.4. The zero-order chi connectivity index (χ0) is 38.5. The number of carbonyl (C=O) groups excluding carboxylic acids is 1. The highest BCUT2D eigenvalue weighted by Gasteiger charge is 2.42. The van der Waals surface area contributed by atoms with E-state index in [9.17, 15) is 4.79 Å². The summed E-state index contributed by atoms with van der Waals surface area (Å²) in [6, 6.07) is 19.8. The zero-order valence-electron chi connectivity index (χ0n) is 32.1. The van der Waals surface area contributed by atoms with Gasteiger partial charge in [-0.3, -0.25) is 4.79 Å². The number of imidazole rings is 1. The van der Waals surface area contributed by atoms with Crippen molar-refractivity contribution in [2.24, 2.45) is 0 Å². The first-order valence-corrected chi connectivity index (χ1v) is 19.8. The Morgan fingerprint density at radius 2 is 1.82 bits per heavy atom. The minimum atomic E-state index is -0.317. The number of rotatable bonds is 14. The Morgan fingerprint density at radius 1 is 0.964 bits per heavy atom. The van der Waals surface area contributed by atoms with E-state index < -0.39 is 0 Å². The van der Waals surface area contributed by atoms with E-state index in [1.807, 2.05) is 67.2 Å². The van der Waals surface area contributed by atoms with Gasteiger partial charge in [-0.05, 0) is 112 Å². The van der Waals surface area contributed by atoms with E-state index >= 15 is 0 Å². The van der Waals surface area contributed by atoms with Gasteiger partial charge in [-0.15, -0.1) is 5.10 Å². The molecular formula is C40H50Cl2N10O3. The summed E-state index contributed by atoms with van der Waals surface area (Å²) in [5.74, 6) is 2.09. The summed E-state index contributed by atoms with van der Waals surface area (Å²) in [6.07, 6.45) is 2.67. The van der Waals surface area contributed by atoms with Crippen LogP contribution in [0.25, 0.3) is 16.7 Å². The molecule has 0 radical (unpaired) electrons. The van der Waals surface area contributed by atoms with E-state index in [1.54, 1.807) is 11.8 Å². The molecule has 2 saturated heterocycles. The molecule has 7 rings (SSSR count). The number of halogens is 2. The third kappa shape index (κ3) is 8.46. The van der Waals surface area contributed by atoms with Gasteiger partial charge in [0.2, 0.25) is 5.95 Å². The molecule has 1 amide bonds. The van der Waals surface area contributed by atoms with E-state index in [2.05, 4.69) is 54.2 Å². The molecule has 0 N–H and O–H groups in total. The first-order chi connectivity index (χ1) is 26.7. The summed E-state index contributed by atoms with van der Waals surface area (Å²) < 4.78 is 15.4. The molecule has 4 heterocycles. The van der Waals surface area contributed by atoms with Crippen LogP contribution in [0.3, 0.4) is 0 Å². The van der Waals surface area contributed by atoms with Crippen LogP contribution in [-0.2, 0) is 23.2 Å². The largest absolute Gasteiger partial charge is 0.496 e. The van der Waals surface area contributed by atoms with Gasteiger partial charge in [0.05, 0.1) is 52.6 Å². The van der Waals surface area contributed by atoms with Crippen molar-refractivity contribution in [3.63, 3.8) is 0 Å². The van der Waals surface area contributed by atoms with Gasteiger partial charge in [0.1, 0.15) is 5.75 Å². The van der Waals surface area contributed by atoms with Crippen molar-refractivity contribution in [1.29, 1.82) is 0 Å². The van der Waals surface area contributed by atoms with E-state index in [-0.39, 0.29) is 11.3 Å². The molecule has 2 fully saturated rings. The van der Waals surface area contributed by atoms with E-state index in [0.29, 0.717) is 65.7 Å². The molecule has 0 spiro atoms. The first-order valence-electron chi connectivity index (χ1n) is 19.0. The molecule has 2 aliphatic rings. The second-order valence-electron chi connectivity index (χ2n) is 14.7. The van der Waals surface area contributed by atoms with Gasteiger partial charge < -0.3 is 33.6 Å². The van der Waals surface area contributed by atoms with Gasteiger partial charge in [-0.25, -0.2) is 4.98 Å². The number of tetrazole rings is 1. The predicted octanol–water partition coefficient (Wildman–Crippen LogP) is 5.81. The molecule has 0 saturated carbocycles. The van der Waals surface area contributed by atoms with Crippen molar-refractivity contribution in [3.8, 4) is 11.4 Å². The number of benzene rings is 3. The van der Waals surface area contributed by atoms with Gasteiger partial charge in [-0.1, -0.05) is 41.4 Å². The number of hydrogen-bond donors (Lipinski definition) is 0. The Balaban J connectivity index is 1.10. The maximum atomic E-state index is 14.4. The quantitative estimate of drug-likeness (QED) is 0.128. The van der Waals surface area contributed by atoms with Crippen LogP contribution in [0.15, 0.2) is 60.7 Å². The van der Waals surface area contributed by atoms with Crippen molar-refractivity contribution in [2.45, 2.75) is 44.7 Å². The van der Waals surface area contributed by atoms with Crippen LogP contribution in [0.1, 0.15) is 47.9 Å². The van der Waals surface area contributed by atoms with Crippen LogP contribution in [0.2, 0.25) is 10.0 Å². The molecule has 1 unspecified atom stereocenters. The molecule has 2 aliphatic heterocycles. The highest BCUT2D eigenvalue weighted by atomic mass is 35.5. The molecule has 292 valence electrons. The summed E-state index contributed by atoms with van der Waals surface area (Å²) in [5.41, 5.74) is 4.09. The van der Waals surface area contributed by atoms with Crippen LogP contribution in [-0.4, -0.2) is 131 Å². The second-order valence-corrected chi connectivity index (χ2v) is 15.5. The molecule has 0 bridgehead atoms. The number of para-hydroxylation sites is 2.